The molecule has 0 aromatic heterocycles. The second kappa shape index (κ2) is 7.25. The summed E-state index contributed by atoms with van der Waals surface area (Å²) in [7, 11) is 0. The number of hydrogen-bond acceptors (Lipinski definition) is 2. The van der Waals surface area contributed by atoms with Crippen molar-refractivity contribution in [3.05, 3.63) is 35.4 Å². The van der Waals surface area contributed by atoms with E-state index in [1.54, 1.807) is 24.3 Å². The van der Waals surface area contributed by atoms with Gasteiger partial charge in [-0.25, -0.2) is 4.79 Å². The average Bonchev–Trinajstić information content (AvgIpc) is 2.99. The lowest BCUT2D eigenvalue weighted by Crippen LogP contribution is -2.37. The number of carbonyl (C=O) groups is 2. The smallest absolute Gasteiger partial charge is 0.335 e. The van der Waals surface area contributed by atoms with Crippen LogP contribution in [0.4, 0.5) is 0 Å². The van der Waals surface area contributed by atoms with Crippen LogP contribution in [0.2, 0.25) is 0 Å². The van der Waals surface area contributed by atoms with Crippen LogP contribution in [0, 0.1) is 5.92 Å². The maximum Gasteiger partial charge on any atom is 0.335 e. The largest absolute Gasteiger partial charge is 0.478 e. The van der Waals surface area contributed by atoms with Gasteiger partial charge in [0, 0.05) is 12.5 Å². The Morgan fingerprint density at radius 3 is 2.62 bits per heavy atom. The van der Waals surface area contributed by atoms with E-state index < -0.39 is 5.97 Å². The standard InChI is InChI=1S/C17H23NO3/c1-12(13-6-2-3-7-13)18-16(19)11-10-14-8-4-5-9-15(14)17(20)21/h4-5,8-9,12-13H,2-3,6-7,10-11H2,1H3,(H,18,19)(H,20,21). The molecule has 0 aliphatic heterocycles. The number of rotatable bonds is 6. The number of amides is 1. The molecule has 4 heteroatoms. The molecule has 114 valence electrons. The third-order valence-corrected chi connectivity index (χ3v) is 4.36. The Balaban J connectivity index is 1.85. The summed E-state index contributed by atoms with van der Waals surface area (Å²) in [6.45, 7) is 2.07. The minimum absolute atomic E-state index is 0.00888. The zero-order valence-electron chi connectivity index (χ0n) is 12.5. The van der Waals surface area contributed by atoms with Gasteiger partial charge in [0.1, 0.15) is 0 Å². The van der Waals surface area contributed by atoms with E-state index in [0.717, 1.165) is 0 Å². The van der Waals surface area contributed by atoms with Gasteiger partial charge < -0.3 is 10.4 Å². The van der Waals surface area contributed by atoms with E-state index in [1.807, 2.05) is 0 Å². The van der Waals surface area contributed by atoms with Crippen molar-refractivity contribution < 1.29 is 14.7 Å². The molecule has 1 saturated carbocycles. The molecule has 0 heterocycles. The summed E-state index contributed by atoms with van der Waals surface area (Å²) in [6, 6.07) is 7.08. The molecule has 1 atom stereocenters. The van der Waals surface area contributed by atoms with Crippen molar-refractivity contribution in [3.63, 3.8) is 0 Å². The van der Waals surface area contributed by atoms with Crippen LogP contribution in [0.5, 0.6) is 0 Å². The molecule has 1 aliphatic rings. The van der Waals surface area contributed by atoms with E-state index in [-0.39, 0.29) is 17.5 Å². The molecule has 1 aromatic carbocycles. The number of aryl methyl sites for hydroxylation is 1. The fraction of sp³-hybridized carbons (Fsp3) is 0.529. The van der Waals surface area contributed by atoms with Crippen LogP contribution in [0.1, 0.15) is 54.9 Å². The predicted molar refractivity (Wildman–Crippen MR) is 81.3 cm³/mol. The number of hydrogen-bond donors (Lipinski definition) is 2. The van der Waals surface area contributed by atoms with Crippen LogP contribution >= 0.6 is 0 Å². The van der Waals surface area contributed by atoms with Crippen molar-refractivity contribution in [1.29, 1.82) is 0 Å². The summed E-state index contributed by atoms with van der Waals surface area (Å²) in [5.41, 5.74) is 1.00. The van der Waals surface area contributed by atoms with Gasteiger partial charge in [0.2, 0.25) is 5.91 Å². The second-order valence-corrected chi connectivity index (χ2v) is 5.86. The van der Waals surface area contributed by atoms with Gasteiger partial charge in [0.05, 0.1) is 5.56 Å². The Hall–Kier alpha value is -1.84. The maximum atomic E-state index is 12.0. The molecule has 1 aromatic rings. The molecule has 1 fully saturated rings. The Morgan fingerprint density at radius 1 is 1.29 bits per heavy atom. The molecular formula is C17H23NO3. The average molecular weight is 289 g/mol. The van der Waals surface area contributed by atoms with Crippen LogP contribution in [0.25, 0.3) is 0 Å². The van der Waals surface area contributed by atoms with Crippen molar-refractivity contribution in [2.24, 2.45) is 5.92 Å². The van der Waals surface area contributed by atoms with E-state index >= 15 is 0 Å². The van der Waals surface area contributed by atoms with Gasteiger partial charge in [-0.05, 0) is 43.7 Å². The van der Waals surface area contributed by atoms with E-state index in [0.29, 0.717) is 24.3 Å². The van der Waals surface area contributed by atoms with Crippen LogP contribution in [-0.2, 0) is 11.2 Å². The molecule has 0 spiro atoms. The number of nitrogens with one attached hydrogen (secondary N) is 1. The minimum Gasteiger partial charge on any atom is -0.478 e. The number of carboxylic acid groups (broad SMARTS) is 1. The lowest BCUT2D eigenvalue weighted by molar-refractivity contribution is -0.122. The molecule has 1 unspecified atom stereocenters. The second-order valence-electron chi connectivity index (χ2n) is 5.86. The van der Waals surface area contributed by atoms with Crippen molar-refractivity contribution >= 4 is 11.9 Å². The maximum absolute atomic E-state index is 12.0. The van der Waals surface area contributed by atoms with E-state index in [4.69, 9.17) is 5.11 Å². The Labute approximate surface area is 125 Å². The van der Waals surface area contributed by atoms with Crippen molar-refractivity contribution in [1.82, 2.24) is 5.32 Å². The van der Waals surface area contributed by atoms with Gasteiger partial charge in [-0.2, -0.15) is 0 Å². The molecule has 0 bridgehead atoms. The van der Waals surface area contributed by atoms with Gasteiger partial charge >= 0.3 is 5.97 Å². The van der Waals surface area contributed by atoms with Gasteiger partial charge in [-0.1, -0.05) is 31.0 Å². The molecule has 1 aliphatic carbocycles. The van der Waals surface area contributed by atoms with Gasteiger partial charge in [0.15, 0.2) is 0 Å². The summed E-state index contributed by atoms with van der Waals surface area (Å²) in [4.78, 5) is 23.1. The van der Waals surface area contributed by atoms with Crippen molar-refractivity contribution in [2.45, 2.75) is 51.5 Å². The Bertz CT molecular complexity index is 507. The topological polar surface area (TPSA) is 66.4 Å². The van der Waals surface area contributed by atoms with Gasteiger partial charge in [-0.15, -0.1) is 0 Å². The highest BCUT2D eigenvalue weighted by atomic mass is 16.4. The van der Waals surface area contributed by atoms with Crippen LogP contribution in [-0.4, -0.2) is 23.0 Å². The van der Waals surface area contributed by atoms with Crippen LogP contribution < -0.4 is 5.32 Å². The lowest BCUT2D eigenvalue weighted by Gasteiger charge is -2.20. The number of carbonyl (C=O) groups excluding carboxylic acids is 1. The molecule has 0 saturated heterocycles. The van der Waals surface area contributed by atoms with Crippen molar-refractivity contribution in [3.8, 4) is 0 Å². The summed E-state index contributed by atoms with van der Waals surface area (Å²) in [5.74, 6) is -0.333. The SMILES string of the molecule is CC(NC(=O)CCc1ccccc1C(=O)O)C1CCCC1. The lowest BCUT2D eigenvalue weighted by atomic mass is 9.99. The first-order chi connectivity index (χ1) is 10.1. The quantitative estimate of drug-likeness (QED) is 0.846. The molecule has 2 N–H and O–H groups in total. The normalized spacial score (nSPS) is 16.6. The minimum atomic E-state index is -0.940. The summed E-state index contributed by atoms with van der Waals surface area (Å²) in [5, 5.41) is 12.2. The highest BCUT2D eigenvalue weighted by Gasteiger charge is 2.22. The molecule has 21 heavy (non-hydrogen) atoms. The third-order valence-electron chi connectivity index (χ3n) is 4.36. The fourth-order valence-electron chi connectivity index (χ4n) is 3.10. The van der Waals surface area contributed by atoms with Gasteiger partial charge in [-0.3, -0.25) is 4.79 Å². The zero-order chi connectivity index (χ0) is 15.2. The van der Waals surface area contributed by atoms with E-state index in [1.165, 1.54) is 25.7 Å². The van der Waals surface area contributed by atoms with Crippen molar-refractivity contribution in [2.75, 3.05) is 0 Å². The first kappa shape index (κ1) is 15.5. The fourth-order valence-corrected chi connectivity index (χ4v) is 3.10. The molecular weight excluding hydrogens is 266 g/mol. The highest BCUT2D eigenvalue weighted by molar-refractivity contribution is 5.89. The summed E-state index contributed by atoms with van der Waals surface area (Å²) in [6.07, 6.45) is 5.72. The molecule has 1 amide bonds. The summed E-state index contributed by atoms with van der Waals surface area (Å²) >= 11 is 0. The predicted octanol–water partition coefficient (Wildman–Crippen LogP) is 3.01. The first-order valence-corrected chi connectivity index (χ1v) is 7.68. The summed E-state index contributed by atoms with van der Waals surface area (Å²) < 4.78 is 0. The van der Waals surface area contributed by atoms with Crippen LogP contribution in [0.3, 0.4) is 0 Å². The first-order valence-electron chi connectivity index (χ1n) is 7.68. The number of aromatic carboxylic acids is 1. The third kappa shape index (κ3) is 4.31. The molecule has 4 nitrogen and oxygen atoms in total. The van der Waals surface area contributed by atoms with Gasteiger partial charge in [0.25, 0.3) is 0 Å². The molecule has 2 rings (SSSR count). The Morgan fingerprint density at radius 2 is 1.95 bits per heavy atom. The van der Waals surface area contributed by atoms with E-state index in [9.17, 15) is 9.59 Å². The Kier molecular flexibility index (Phi) is 5.37. The van der Waals surface area contributed by atoms with E-state index in [2.05, 4.69) is 12.2 Å². The highest BCUT2D eigenvalue weighted by Crippen LogP contribution is 2.27. The van der Waals surface area contributed by atoms with Crippen LogP contribution in [0.15, 0.2) is 24.3 Å². The number of benzene rings is 1. The number of carboxylic acids is 1. The monoisotopic (exact) mass is 289 g/mol. The zero-order valence-corrected chi connectivity index (χ0v) is 12.5. The molecule has 0 radical (unpaired) electrons.